The molecule has 0 aliphatic heterocycles. The lowest BCUT2D eigenvalue weighted by atomic mass is 10.1. The summed E-state index contributed by atoms with van der Waals surface area (Å²) in [4.78, 5) is 0. The molecule has 3 nitrogen and oxygen atoms in total. The van der Waals surface area contributed by atoms with Gasteiger partial charge >= 0.3 is 6.18 Å². The lowest BCUT2D eigenvalue weighted by molar-refractivity contribution is -0.137. The standard InChI is InChI=1S/C10H7BrF3N3/c1-17-5-15-16-9(17)7-3-2-6(11)4-8(7)10(12,13)14/h2-5H,1H3. The molecule has 0 spiro atoms. The van der Waals surface area contributed by atoms with Crippen LogP contribution in [0.3, 0.4) is 0 Å². The molecule has 1 aromatic heterocycles. The van der Waals surface area contributed by atoms with Gasteiger partial charge in [0.15, 0.2) is 5.82 Å². The summed E-state index contributed by atoms with van der Waals surface area (Å²) in [5, 5.41) is 7.27. The summed E-state index contributed by atoms with van der Waals surface area (Å²) in [5.41, 5.74) is -0.719. The largest absolute Gasteiger partial charge is 0.417 e. The summed E-state index contributed by atoms with van der Waals surface area (Å²) < 4.78 is 40.4. The number of benzene rings is 1. The summed E-state index contributed by atoms with van der Waals surface area (Å²) >= 11 is 3.03. The topological polar surface area (TPSA) is 30.7 Å². The average molecular weight is 306 g/mol. The lowest BCUT2D eigenvalue weighted by Gasteiger charge is -2.12. The van der Waals surface area contributed by atoms with Crippen molar-refractivity contribution in [1.29, 1.82) is 0 Å². The first kappa shape index (κ1) is 12.1. The van der Waals surface area contributed by atoms with E-state index in [0.29, 0.717) is 4.47 Å². The van der Waals surface area contributed by atoms with Crippen molar-refractivity contribution in [2.24, 2.45) is 7.05 Å². The molecule has 0 unspecified atom stereocenters. The van der Waals surface area contributed by atoms with E-state index in [-0.39, 0.29) is 11.4 Å². The zero-order valence-corrected chi connectivity index (χ0v) is 10.2. The Morgan fingerprint density at radius 3 is 2.53 bits per heavy atom. The fourth-order valence-corrected chi connectivity index (χ4v) is 1.83. The summed E-state index contributed by atoms with van der Waals surface area (Å²) in [5.74, 6) is 0.185. The second-order valence-corrected chi connectivity index (χ2v) is 4.37. The van der Waals surface area contributed by atoms with E-state index in [0.717, 1.165) is 6.07 Å². The van der Waals surface area contributed by atoms with Crippen LogP contribution < -0.4 is 0 Å². The molecular formula is C10H7BrF3N3. The fraction of sp³-hybridized carbons (Fsp3) is 0.200. The van der Waals surface area contributed by atoms with Gasteiger partial charge in [0.1, 0.15) is 6.33 Å². The fourth-order valence-electron chi connectivity index (χ4n) is 1.47. The van der Waals surface area contributed by atoms with Gasteiger partial charge in [0, 0.05) is 17.1 Å². The first-order valence-electron chi connectivity index (χ1n) is 4.60. The third-order valence-corrected chi connectivity index (χ3v) is 2.73. The highest BCUT2D eigenvalue weighted by Crippen LogP contribution is 2.37. The number of nitrogens with zero attached hydrogens (tertiary/aromatic N) is 3. The molecule has 0 aliphatic rings. The van der Waals surface area contributed by atoms with Crippen molar-refractivity contribution in [3.05, 3.63) is 34.6 Å². The van der Waals surface area contributed by atoms with Gasteiger partial charge in [-0.25, -0.2) is 0 Å². The van der Waals surface area contributed by atoms with Crippen LogP contribution in [0.4, 0.5) is 13.2 Å². The van der Waals surface area contributed by atoms with Gasteiger partial charge in [0.2, 0.25) is 0 Å². The van der Waals surface area contributed by atoms with Crippen LogP contribution in [0, 0.1) is 0 Å². The first-order chi connectivity index (χ1) is 7.89. The lowest BCUT2D eigenvalue weighted by Crippen LogP contribution is -2.08. The number of alkyl halides is 3. The third-order valence-electron chi connectivity index (χ3n) is 2.24. The highest BCUT2D eigenvalue weighted by atomic mass is 79.9. The van der Waals surface area contributed by atoms with E-state index in [1.54, 1.807) is 13.1 Å². The Hall–Kier alpha value is -1.37. The molecule has 0 aliphatic carbocycles. The molecule has 0 atom stereocenters. The smallest absolute Gasteiger partial charge is 0.317 e. The van der Waals surface area contributed by atoms with Gasteiger partial charge in [-0.15, -0.1) is 10.2 Å². The minimum absolute atomic E-state index is 0.0145. The van der Waals surface area contributed by atoms with Gasteiger partial charge < -0.3 is 4.57 Å². The van der Waals surface area contributed by atoms with Crippen LogP contribution in [0.5, 0.6) is 0 Å². The summed E-state index contributed by atoms with van der Waals surface area (Å²) in [6.07, 6.45) is -3.07. The van der Waals surface area contributed by atoms with E-state index in [1.165, 1.54) is 17.0 Å². The first-order valence-corrected chi connectivity index (χ1v) is 5.40. The number of rotatable bonds is 1. The number of aryl methyl sites for hydroxylation is 1. The Labute approximate surface area is 103 Å². The molecule has 2 aromatic rings. The number of hydrogen-bond donors (Lipinski definition) is 0. The maximum atomic E-state index is 12.9. The molecule has 90 valence electrons. The van der Waals surface area contributed by atoms with Crippen molar-refractivity contribution < 1.29 is 13.2 Å². The van der Waals surface area contributed by atoms with E-state index < -0.39 is 11.7 Å². The van der Waals surface area contributed by atoms with E-state index in [9.17, 15) is 13.2 Å². The minimum Gasteiger partial charge on any atom is -0.317 e. The Morgan fingerprint density at radius 1 is 1.29 bits per heavy atom. The van der Waals surface area contributed by atoms with Crippen LogP contribution in [-0.2, 0) is 13.2 Å². The molecule has 0 saturated carbocycles. The maximum absolute atomic E-state index is 12.9. The Balaban J connectivity index is 2.67. The normalized spacial score (nSPS) is 11.8. The molecule has 0 amide bonds. The predicted molar refractivity (Wildman–Crippen MR) is 59.1 cm³/mol. The van der Waals surface area contributed by atoms with Crippen molar-refractivity contribution in [3.8, 4) is 11.4 Å². The van der Waals surface area contributed by atoms with Crippen LogP contribution in [0.1, 0.15) is 5.56 Å². The summed E-state index contributed by atoms with van der Waals surface area (Å²) in [7, 11) is 1.59. The molecular weight excluding hydrogens is 299 g/mol. The molecule has 0 saturated heterocycles. The number of aromatic nitrogens is 3. The van der Waals surface area contributed by atoms with E-state index in [1.807, 2.05) is 0 Å². The maximum Gasteiger partial charge on any atom is 0.417 e. The summed E-state index contributed by atoms with van der Waals surface area (Å²) in [6, 6.07) is 3.94. The molecule has 17 heavy (non-hydrogen) atoms. The average Bonchev–Trinajstić information content (AvgIpc) is 2.63. The van der Waals surface area contributed by atoms with E-state index in [2.05, 4.69) is 26.1 Å². The zero-order chi connectivity index (χ0) is 12.6. The van der Waals surface area contributed by atoms with Crippen molar-refractivity contribution >= 4 is 15.9 Å². The van der Waals surface area contributed by atoms with Crippen LogP contribution >= 0.6 is 15.9 Å². The molecule has 1 heterocycles. The Morgan fingerprint density at radius 2 is 2.00 bits per heavy atom. The Kier molecular flexibility index (Phi) is 2.94. The molecule has 2 rings (SSSR count). The van der Waals surface area contributed by atoms with Gasteiger partial charge in [-0.1, -0.05) is 15.9 Å². The second-order valence-electron chi connectivity index (χ2n) is 3.45. The van der Waals surface area contributed by atoms with Crippen molar-refractivity contribution in [3.63, 3.8) is 0 Å². The SMILES string of the molecule is Cn1cnnc1-c1ccc(Br)cc1C(F)(F)F. The minimum atomic E-state index is -4.43. The van der Waals surface area contributed by atoms with Crippen molar-refractivity contribution in [1.82, 2.24) is 14.8 Å². The van der Waals surface area contributed by atoms with Crippen LogP contribution in [-0.4, -0.2) is 14.8 Å². The third kappa shape index (κ3) is 2.33. The number of hydrogen-bond acceptors (Lipinski definition) is 2. The van der Waals surface area contributed by atoms with Gasteiger partial charge in [0.25, 0.3) is 0 Å². The second kappa shape index (κ2) is 4.14. The molecule has 0 fully saturated rings. The Bertz CT molecular complexity index is 548. The molecule has 7 heteroatoms. The van der Waals surface area contributed by atoms with Crippen molar-refractivity contribution in [2.45, 2.75) is 6.18 Å². The van der Waals surface area contributed by atoms with E-state index >= 15 is 0 Å². The van der Waals surface area contributed by atoms with Crippen LogP contribution in [0.25, 0.3) is 11.4 Å². The van der Waals surface area contributed by atoms with Gasteiger partial charge in [0.05, 0.1) is 5.56 Å². The highest BCUT2D eigenvalue weighted by molar-refractivity contribution is 9.10. The predicted octanol–water partition coefficient (Wildman–Crippen LogP) is 3.26. The molecule has 1 aromatic carbocycles. The van der Waals surface area contributed by atoms with Crippen molar-refractivity contribution in [2.75, 3.05) is 0 Å². The monoisotopic (exact) mass is 305 g/mol. The molecule has 0 radical (unpaired) electrons. The van der Waals surface area contributed by atoms with Gasteiger partial charge in [-0.2, -0.15) is 13.2 Å². The molecule has 0 N–H and O–H groups in total. The molecule has 0 bridgehead atoms. The number of halogens is 4. The summed E-state index contributed by atoms with van der Waals surface area (Å²) in [6.45, 7) is 0. The zero-order valence-electron chi connectivity index (χ0n) is 8.66. The van der Waals surface area contributed by atoms with Crippen LogP contribution in [0.2, 0.25) is 0 Å². The quantitative estimate of drug-likeness (QED) is 0.809. The van der Waals surface area contributed by atoms with Gasteiger partial charge in [-0.05, 0) is 18.2 Å². The van der Waals surface area contributed by atoms with Crippen LogP contribution in [0.15, 0.2) is 29.0 Å². The highest BCUT2D eigenvalue weighted by Gasteiger charge is 2.34. The van der Waals surface area contributed by atoms with E-state index in [4.69, 9.17) is 0 Å². The van der Waals surface area contributed by atoms with Gasteiger partial charge in [-0.3, -0.25) is 0 Å².